The monoisotopic (exact) mass is 295 g/mol. The summed E-state index contributed by atoms with van der Waals surface area (Å²) in [6.45, 7) is 13.3. The van der Waals surface area contributed by atoms with Gasteiger partial charge in [-0.15, -0.1) is 5.10 Å². The fourth-order valence-corrected chi connectivity index (χ4v) is 2.68. The minimum absolute atomic E-state index is 0.218. The lowest BCUT2D eigenvalue weighted by atomic mass is 10.2. The Hall–Kier alpha value is -0.980. The normalized spacial score (nSPS) is 20.3. The predicted octanol–water partition coefficient (Wildman–Crippen LogP) is 1.13. The molecule has 1 unspecified atom stereocenters. The molecule has 1 aliphatic rings. The molecule has 6 nitrogen and oxygen atoms in total. The maximum absolute atomic E-state index is 5.86. The van der Waals surface area contributed by atoms with E-state index in [1.807, 2.05) is 10.9 Å². The van der Waals surface area contributed by atoms with E-state index in [4.69, 9.17) is 4.74 Å². The van der Waals surface area contributed by atoms with Crippen molar-refractivity contribution in [2.45, 2.75) is 46.4 Å². The van der Waals surface area contributed by atoms with E-state index in [-0.39, 0.29) is 6.10 Å². The van der Waals surface area contributed by atoms with Gasteiger partial charge in [0.15, 0.2) is 0 Å². The fourth-order valence-electron chi connectivity index (χ4n) is 2.68. The van der Waals surface area contributed by atoms with Crippen molar-refractivity contribution in [3.05, 3.63) is 11.9 Å². The van der Waals surface area contributed by atoms with Crippen LogP contribution in [0.25, 0.3) is 0 Å². The molecule has 1 atom stereocenters. The summed E-state index contributed by atoms with van der Waals surface area (Å²) >= 11 is 0. The van der Waals surface area contributed by atoms with E-state index in [1.165, 1.54) is 0 Å². The fraction of sp³-hybridized carbons (Fsp3) is 0.867. The lowest BCUT2D eigenvalue weighted by molar-refractivity contribution is -0.0406. The van der Waals surface area contributed by atoms with Gasteiger partial charge in [-0.2, -0.15) is 0 Å². The summed E-state index contributed by atoms with van der Waals surface area (Å²) in [5.41, 5.74) is 0.998. The van der Waals surface area contributed by atoms with Crippen LogP contribution in [0.4, 0.5) is 0 Å². The first kappa shape index (κ1) is 16.4. The summed E-state index contributed by atoms with van der Waals surface area (Å²) in [5, 5.41) is 11.7. The van der Waals surface area contributed by atoms with Crippen molar-refractivity contribution in [2.24, 2.45) is 5.92 Å². The number of rotatable bonds is 8. The average molecular weight is 295 g/mol. The van der Waals surface area contributed by atoms with Gasteiger partial charge in [0.25, 0.3) is 0 Å². The third kappa shape index (κ3) is 5.73. The Labute approximate surface area is 127 Å². The highest BCUT2D eigenvalue weighted by molar-refractivity contribution is 4.92. The molecule has 0 aromatic carbocycles. The van der Waals surface area contributed by atoms with Gasteiger partial charge >= 0.3 is 0 Å². The van der Waals surface area contributed by atoms with E-state index in [9.17, 15) is 0 Å². The Kier molecular flexibility index (Phi) is 6.60. The molecular weight excluding hydrogens is 266 g/mol. The topological polar surface area (TPSA) is 55.2 Å². The molecule has 1 aromatic rings. The smallest absolute Gasteiger partial charge is 0.0964 e. The second kappa shape index (κ2) is 8.46. The SMILES string of the molecule is CCCNCc1cn(CC2CN(CC(C)C)CCO2)nn1. The molecule has 0 bridgehead atoms. The average Bonchev–Trinajstić information content (AvgIpc) is 2.86. The van der Waals surface area contributed by atoms with Crippen molar-refractivity contribution in [1.82, 2.24) is 25.2 Å². The van der Waals surface area contributed by atoms with Crippen LogP contribution in [0, 0.1) is 5.92 Å². The first-order valence-electron chi connectivity index (χ1n) is 8.11. The third-order valence-electron chi connectivity index (χ3n) is 3.56. The second-order valence-electron chi connectivity index (χ2n) is 6.25. The molecule has 0 radical (unpaired) electrons. The molecule has 1 N–H and O–H groups in total. The molecule has 21 heavy (non-hydrogen) atoms. The maximum Gasteiger partial charge on any atom is 0.0964 e. The van der Waals surface area contributed by atoms with Crippen LogP contribution in [0.15, 0.2) is 6.20 Å². The van der Waals surface area contributed by atoms with E-state index in [0.717, 1.165) is 58.0 Å². The third-order valence-corrected chi connectivity index (χ3v) is 3.56. The van der Waals surface area contributed by atoms with Crippen molar-refractivity contribution < 1.29 is 4.74 Å². The minimum Gasteiger partial charge on any atom is -0.374 e. The lowest BCUT2D eigenvalue weighted by Crippen LogP contribution is -2.45. The van der Waals surface area contributed by atoms with Crippen molar-refractivity contribution in [3.8, 4) is 0 Å². The first-order valence-corrected chi connectivity index (χ1v) is 8.11. The summed E-state index contributed by atoms with van der Waals surface area (Å²) in [6, 6.07) is 0. The molecule has 0 aliphatic carbocycles. The number of ether oxygens (including phenoxy) is 1. The lowest BCUT2D eigenvalue weighted by Gasteiger charge is -2.33. The van der Waals surface area contributed by atoms with Crippen molar-refractivity contribution in [2.75, 3.05) is 32.8 Å². The first-order chi connectivity index (χ1) is 10.2. The molecule has 1 aliphatic heterocycles. The molecule has 1 saturated heterocycles. The molecule has 120 valence electrons. The molecule has 1 aromatic heterocycles. The van der Waals surface area contributed by atoms with E-state index in [0.29, 0.717) is 5.92 Å². The highest BCUT2D eigenvalue weighted by Crippen LogP contribution is 2.09. The van der Waals surface area contributed by atoms with E-state index in [1.54, 1.807) is 0 Å². The van der Waals surface area contributed by atoms with Gasteiger partial charge in [-0.25, -0.2) is 4.68 Å². The molecule has 0 spiro atoms. The Morgan fingerprint density at radius 3 is 3.10 bits per heavy atom. The number of nitrogens with zero attached hydrogens (tertiary/aromatic N) is 4. The molecular formula is C15H29N5O. The zero-order valence-corrected chi connectivity index (χ0v) is 13.6. The standard InChI is InChI=1S/C15H29N5O/c1-4-5-16-8-14-10-20(18-17-14)12-15-11-19(6-7-21-15)9-13(2)3/h10,13,15-16H,4-9,11-12H2,1-3H3. The molecule has 2 heterocycles. The van der Waals surface area contributed by atoms with Crippen LogP contribution in [0.1, 0.15) is 32.9 Å². The highest BCUT2D eigenvalue weighted by Gasteiger charge is 2.21. The number of hydrogen-bond acceptors (Lipinski definition) is 5. The molecule has 2 rings (SSSR count). The van der Waals surface area contributed by atoms with Gasteiger partial charge in [0.2, 0.25) is 0 Å². The van der Waals surface area contributed by atoms with E-state index in [2.05, 4.69) is 41.3 Å². The molecule has 0 amide bonds. The van der Waals surface area contributed by atoms with Crippen molar-refractivity contribution >= 4 is 0 Å². The largest absolute Gasteiger partial charge is 0.374 e. The van der Waals surface area contributed by atoms with Crippen LogP contribution in [-0.4, -0.2) is 58.8 Å². The summed E-state index contributed by atoms with van der Waals surface area (Å²) in [5.74, 6) is 0.700. The zero-order valence-electron chi connectivity index (χ0n) is 13.6. The Bertz CT molecular complexity index is 407. The van der Waals surface area contributed by atoms with Crippen molar-refractivity contribution in [1.29, 1.82) is 0 Å². The van der Waals surface area contributed by atoms with Gasteiger partial charge in [-0.05, 0) is 18.9 Å². The number of nitrogens with one attached hydrogen (secondary N) is 1. The summed E-state index contributed by atoms with van der Waals surface area (Å²) in [7, 11) is 0. The Morgan fingerprint density at radius 2 is 2.33 bits per heavy atom. The molecule has 0 saturated carbocycles. The summed E-state index contributed by atoms with van der Waals surface area (Å²) < 4.78 is 7.76. The zero-order chi connectivity index (χ0) is 15.1. The Balaban J connectivity index is 1.78. The summed E-state index contributed by atoms with van der Waals surface area (Å²) in [4.78, 5) is 2.49. The van der Waals surface area contributed by atoms with Gasteiger partial charge < -0.3 is 10.1 Å². The predicted molar refractivity (Wildman–Crippen MR) is 83.0 cm³/mol. The molecule has 6 heteroatoms. The highest BCUT2D eigenvalue weighted by atomic mass is 16.5. The Morgan fingerprint density at radius 1 is 1.48 bits per heavy atom. The second-order valence-corrected chi connectivity index (χ2v) is 6.25. The number of morpholine rings is 1. The van der Waals surface area contributed by atoms with Gasteiger partial charge in [0, 0.05) is 32.4 Å². The molecule has 1 fully saturated rings. The number of aromatic nitrogens is 3. The van der Waals surface area contributed by atoms with Crippen LogP contribution in [-0.2, 0) is 17.8 Å². The van der Waals surface area contributed by atoms with Gasteiger partial charge in [0.05, 0.1) is 24.9 Å². The van der Waals surface area contributed by atoms with Crippen molar-refractivity contribution in [3.63, 3.8) is 0 Å². The van der Waals surface area contributed by atoms with Crippen LogP contribution < -0.4 is 5.32 Å². The van der Waals surface area contributed by atoms with Crippen LogP contribution >= 0.6 is 0 Å². The maximum atomic E-state index is 5.86. The van der Waals surface area contributed by atoms with E-state index >= 15 is 0 Å². The minimum atomic E-state index is 0.218. The van der Waals surface area contributed by atoms with Gasteiger partial charge in [-0.1, -0.05) is 26.0 Å². The van der Waals surface area contributed by atoms with Gasteiger partial charge in [-0.3, -0.25) is 4.90 Å². The summed E-state index contributed by atoms with van der Waals surface area (Å²) in [6.07, 6.45) is 3.37. The van der Waals surface area contributed by atoms with E-state index < -0.39 is 0 Å². The number of hydrogen-bond donors (Lipinski definition) is 1. The van der Waals surface area contributed by atoms with Crippen LogP contribution in [0.5, 0.6) is 0 Å². The quantitative estimate of drug-likeness (QED) is 0.729. The van der Waals surface area contributed by atoms with Gasteiger partial charge in [0.1, 0.15) is 0 Å². The van der Waals surface area contributed by atoms with Crippen LogP contribution in [0.3, 0.4) is 0 Å². The van der Waals surface area contributed by atoms with Crippen LogP contribution in [0.2, 0.25) is 0 Å².